The second-order valence-corrected chi connectivity index (χ2v) is 6.57. The summed E-state index contributed by atoms with van der Waals surface area (Å²) in [5.74, 6) is 0.517. The number of nitrogens with one attached hydrogen (secondary N) is 1. The van der Waals surface area contributed by atoms with Gasteiger partial charge in [-0.3, -0.25) is 9.59 Å². The molecule has 0 saturated carbocycles. The van der Waals surface area contributed by atoms with Crippen LogP contribution >= 0.6 is 0 Å². The first-order valence-corrected chi connectivity index (χ1v) is 8.37. The highest BCUT2D eigenvalue weighted by Crippen LogP contribution is 2.33. The van der Waals surface area contributed by atoms with Gasteiger partial charge in [-0.15, -0.1) is 0 Å². The summed E-state index contributed by atoms with van der Waals surface area (Å²) in [4.78, 5) is 26.2. The topological polar surface area (TPSA) is 58.6 Å². The molecule has 0 bridgehead atoms. The van der Waals surface area contributed by atoms with Gasteiger partial charge in [0.2, 0.25) is 0 Å². The Labute approximate surface area is 147 Å². The zero-order valence-electron chi connectivity index (χ0n) is 14.7. The molecule has 1 N–H and O–H groups in total. The Hall–Kier alpha value is -2.82. The minimum absolute atomic E-state index is 0.0317. The van der Waals surface area contributed by atoms with Gasteiger partial charge in [0.25, 0.3) is 11.8 Å². The van der Waals surface area contributed by atoms with E-state index in [-0.39, 0.29) is 24.5 Å². The van der Waals surface area contributed by atoms with Crippen LogP contribution in [-0.2, 0) is 11.3 Å². The van der Waals surface area contributed by atoms with E-state index in [1.165, 1.54) is 0 Å². The third kappa shape index (κ3) is 3.82. The molecule has 1 aliphatic rings. The lowest BCUT2D eigenvalue weighted by Gasteiger charge is -2.29. The van der Waals surface area contributed by atoms with Gasteiger partial charge in [-0.05, 0) is 56.2 Å². The minimum Gasteiger partial charge on any atom is -0.482 e. The van der Waals surface area contributed by atoms with Crippen molar-refractivity contribution in [3.05, 3.63) is 59.2 Å². The van der Waals surface area contributed by atoms with Crippen molar-refractivity contribution in [1.29, 1.82) is 0 Å². The molecule has 5 nitrogen and oxygen atoms in total. The summed E-state index contributed by atoms with van der Waals surface area (Å²) in [5, 5.41) is 2.88. The Kier molecular flexibility index (Phi) is 4.74. The van der Waals surface area contributed by atoms with Crippen LogP contribution in [0, 0.1) is 6.92 Å². The van der Waals surface area contributed by atoms with E-state index in [0.717, 1.165) is 16.8 Å². The van der Waals surface area contributed by atoms with Crippen LogP contribution in [0.2, 0.25) is 0 Å². The average Bonchev–Trinajstić information content (AvgIpc) is 2.57. The van der Waals surface area contributed by atoms with Gasteiger partial charge in [0, 0.05) is 11.6 Å². The van der Waals surface area contributed by atoms with E-state index in [2.05, 4.69) is 5.32 Å². The molecule has 0 radical (unpaired) electrons. The number of nitrogens with zero attached hydrogens (tertiary/aromatic N) is 1. The van der Waals surface area contributed by atoms with Crippen molar-refractivity contribution in [2.24, 2.45) is 0 Å². The standard InChI is InChI=1S/C20H22N2O3/c1-13(2)21-20(24)16-6-4-5-15(10-16)11-22-17-8-7-14(3)9-18(17)25-12-19(22)23/h4-10,13H,11-12H2,1-3H3,(H,21,24). The number of rotatable bonds is 4. The molecule has 0 atom stereocenters. The maximum atomic E-state index is 12.3. The summed E-state index contributed by atoms with van der Waals surface area (Å²) in [5.41, 5.74) is 3.34. The Morgan fingerprint density at radius 3 is 2.80 bits per heavy atom. The van der Waals surface area contributed by atoms with Crippen molar-refractivity contribution in [3.8, 4) is 5.75 Å². The number of hydrogen-bond donors (Lipinski definition) is 1. The molecule has 0 aromatic heterocycles. The second kappa shape index (κ2) is 6.97. The van der Waals surface area contributed by atoms with Crippen LogP contribution < -0.4 is 15.0 Å². The fourth-order valence-electron chi connectivity index (χ4n) is 2.82. The fraction of sp³-hybridized carbons (Fsp3) is 0.300. The number of carbonyl (C=O) groups excluding carboxylic acids is 2. The van der Waals surface area contributed by atoms with Crippen LogP contribution in [0.5, 0.6) is 5.75 Å². The largest absolute Gasteiger partial charge is 0.482 e. The van der Waals surface area contributed by atoms with E-state index in [0.29, 0.717) is 17.9 Å². The number of ether oxygens (including phenoxy) is 1. The molecular weight excluding hydrogens is 316 g/mol. The number of amides is 2. The zero-order valence-corrected chi connectivity index (χ0v) is 14.7. The van der Waals surface area contributed by atoms with E-state index in [1.807, 2.05) is 57.2 Å². The fourth-order valence-corrected chi connectivity index (χ4v) is 2.82. The highest BCUT2D eigenvalue weighted by atomic mass is 16.5. The first kappa shape index (κ1) is 17.0. The SMILES string of the molecule is Cc1ccc2c(c1)OCC(=O)N2Cc1cccc(C(=O)NC(C)C)c1. The van der Waals surface area contributed by atoms with E-state index in [1.54, 1.807) is 11.0 Å². The van der Waals surface area contributed by atoms with Gasteiger partial charge in [0.15, 0.2) is 6.61 Å². The molecule has 0 fully saturated rings. The quantitative estimate of drug-likeness (QED) is 0.932. The molecule has 2 aromatic rings. The number of benzene rings is 2. The summed E-state index contributed by atoms with van der Waals surface area (Å²) in [7, 11) is 0. The maximum absolute atomic E-state index is 12.3. The van der Waals surface area contributed by atoms with Gasteiger partial charge >= 0.3 is 0 Å². The first-order chi connectivity index (χ1) is 11.9. The van der Waals surface area contributed by atoms with E-state index in [4.69, 9.17) is 4.74 Å². The minimum atomic E-state index is -0.110. The van der Waals surface area contributed by atoms with Crippen LogP contribution in [0.1, 0.15) is 35.3 Å². The Bertz CT molecular complexity index is 814. The Morgan fingerprint density at radius 2 is 2.04 bits per heavy atom. The average molecular weight is 338 g/mol. The molecule has 0 aliphatic carbocycles. The highest BCUT2D eigenvalue weighted by molar-refractivity contribution is 5.98. The highest BCUT2D eigenvalue weighted by Gasteiger charge is 2.25. The van der Waals surface area contributed by atoms with E-state index >= 15 is 0 Å². The van der Waals surface area contributed by atoms with E-state index < -0.39 is 0 Å². The van der Waals surface area contributed by atoms with Gasteiger partial charge in [-0.2, -0.15) is 0 Å². The first-order valence-electron chi connectivity index (χ1n) is 8.37. The Balaban J connectivity index is 1.85. The smallest absolute Gasteiger partial charge is 0.265 e. The predicted octanol–water partition coefficient (Wildman–Crippen LogP) is 3.06. The van der Waals surface area contributed by atoms with Gasteiger partial charge in [-0.1, -0.05) is 18.2 Å². The lowest BCUT2D eigenvalue weighted by molar-refractivity contribution is -0.121. The molecule has 5 heteroatoms. The molecule has 0 spiro atoms. The number of anilines is 1. The van der Waals surface area contributed by atoms with Gasteiger partial charge < -0.3 is 15.0 Å². The zero-order chi connectivity index (χ0) is 18.0. The maximum Gasteiger partial charge on any atom is 0.265 e. The van der Waals surface area contributed by atoms with Crippen molar-refractivity contribution in [3.63, 3.8) is 0 Å². The van der Waals surface area contributed by atoms with E-state index in [9.17, 15) is 9.59 Å². The number of aryl methyl sites for hydroxylation is 1. The third-order valence-corrected chi connectivity index (χ3v) is 4.01. The van der Waals surface area contributed by atoms with Crippen molar-refractivity contribution in [1.82, 2.24) is 5.32 Å². The lowest BCUT2D eigenvalue weighted by atomic mass is 10.1. The molecule has 130 valence electrons. The summed E-state index contributed by atoms with van der Waals surface area (Å²) in [6, 6.07) is 13.2. The van der Waals surface area contributed by atoms with Crippen molar-refractivity contribution >= 4 is 17.5 Å². The van der Waals surface area contributed by atoms with Gasteiger partial charge in [0.05, 0.1) is 12.2 Å². The predicted molar refractivity (Wildman–Crippen MR) is 96.9 cm³/mol. The number of fused-ring (bicyclic) bond motifs is 1. The van der Waals surface area contributed by atoms with Crippen LogP contribution in [0.4, 0.5) is 5.69 Å². The molecule has 1 aliphatic heterocycles. The molecule has 2 aromatic carbocycles. The van der Waals surface area contributed by atoms with Crippen LogP contribution in [-0.4, -0.2) is 24.5 Å². The number of carbonyl (C=O) groups is 2. The molecule has 2 amide bonds. The molecule has 1 heterocycles. The molecule has 3 rings (SSSR count). The van der Waals surface area contributed by atoms with Crippen molar-refractivity contribution < 1.29 is 14.3 Å². The Morgan fingerprint density at radius 1 is 1.24 bits per heavy atom. The van der Waals surface area contributed by atoms with Crippen molar-refractivity contribution in [2.45, 2.75) is 33.4 Å². The second-order valence-electron chi connectivity index (χ2n) is 6.57. The van der Waals surface area contributed by atoms with Gasteiger partial charge in [0.1, 0.15) is 5.75 Å². The van der Waals surface area contributed by atoms with Crippen molar-refractivity contribution in [2.75, 3.05) is 11.5 Å². The summed E-state index contributed by atoms with van der Waals surface area (Å²) in [6.07, 6.45) is 0. The molecule has 25 heavy (non-hydrogen) atoms. The van der Waals surface area contributed by atoms with Crippen LogP contribution in [0.3, 0.4) is 0 Å². The van der Waals surface area contributed by atoms with Crippen LogP contribution in [0.25, 0.3) is 0 Å². The van der Waals surface area contributed by atoms with Gasteiger partial charge in [-0.25, -0.2) is 0 Å². The molecule has 0 unspecified atom stereocenters. The third-order valence-electron chi connectivity index (χ3n) is 4.01. The summed E-state index contributed by atoms with van der Waals surface area (Å²) < 4.78 is 5.53. The number of hydrogen-bond acceptors (Lipinski definition) is 3. The molecular formula is C20H22N2O3. The summed E-state index contributed by atoms with van der Waals surface area (Å²) in [6.45, 7) is 6.27. The summed E-state index contributed by atoms with van der Waals surface area (Å²) >= 11 is 0. The normalized spacial score (nSPS) is 13.4. The van der Waals surface area contributed by atoms with Crippen LogP contribution in [0.15, 0.2) is 42.5 Å². The lowest BCUT2D eigenvalue weighted by Crippen LogP contribution is -2.38. The monoisotopic (exact) mass is 338 g/mol. The molecule has 0 saturated heterocycles.